The van der Waals surface area contributed by atoms with Crippen molar-refractivity contribution in [2.45, 2.75) is 111 Å². The van der Waals surface area contributed by atoms with E-state index in [1.807, 2.05) is 0 Å². The number of ether oxygens (including phenoxy) is 8. The molecular formula is C39H52O23. The topological polar surface area (TPSA) is 374 Å². The maximum Gasteiger partial charge on any atom is 0.331 e. The molecular weight excluding hydrogens is 836 g/mol. The summed E-state index contributed by atoms with van der Waals surface area (Å²) in [7, 11) is 0. The summed E-state index contributed by atoms with van der Waals surface area (Å²) in [6.07, 6.45) is -24.4. The van der Waals surface area contributed by atoms with E-state index < -0.39 is 160 Å². The molecule has 0 aliphatic carbocycles. The van der Waals surface area contributed by atoms with Crippen LogP contribution in [0.15, 0.2) is 42.5 Å². The molecule has 0 amide bonds. The molecule has 2 aromatic carbocycles. The number of aliphatic hydroxyl groups excluding tert-OH is 9. The third-order valence-electron chi connectivity index (χ3n) is 11.1. The van der Waals surface area contributed by atoms with Crippen LogP contribution >= 0.6 is 0 Å². The Hall–Kier alpha value is -3.83. The molecule has 62 heavy (non-hydrogen) atoms. The highest BCUT2D eigenvalue weighted by Gasteiger charge is 2.55. The Morgan fingerprint density at radius 1 is 0.742 bits per heavy atom. The van der Waals surface area contributed by atoms with Gasteiger partial charge in [-0.15, -0.1) is 0 Å². The van der Waals surface area contributed by atoms with Crippen LogP contribution in [0.25, 0.3) is 6.08 Å². The highest BCUT2D eigenvalue weighted by Crippen LogP contribution is 2.38. The lowest BCUT2D eigenvalue weighted by Gasteiger charge is -2.48. The van der Waals surface area contributed by atoms with Crippen molar-refractivity contribution in [2.75, 3.05) is 33.0 Å². The molecule has 0 bridgehead atoms. The van der Waals surface area contributed by atoms with Crippen LogP contribution in [0.4, 0.5) is 0 Å². The zero-order valence-electron chi connectivity index (χ0n) is 32.7. The predicted molar refractivity (Wildman–Crippen MR) is 200 cm³/mol. The van der Waals surface area contributed by atoms with Gasteiger partial charge in [-0.1, -0.05) is 12.1 Å². The number of hydrogen-bond acceptors (Lipinski definition) is 23. The monoisotopic (exact) mass is 888 g/mol. The summed E-state index contributed by atoms with van der Waals surface area (Å²) in [4.78, 5) is 13.5. The summed E-state index contributed by atoms with van der Waals surface area (Å²) in [5, 5.41) is 145. The lowest BCUT2D eigenvalue weighted by Crippen LogP contribution is -2.64. The van der Waals surface area contributed by atoms with Crippen LogP contribution in [-0.2, 0) is 49.1 Å². The standard InChI is InChI=1S/C39H52O23/c40-14-39(54)15-58-38(34(39)52)57-13-25-32(61-26(46)6-3-16-1-4-19(41)21(43)9-16)18(27(47)36(60-25)55-8-7-17-2-5-20(42)22(44)10-17)11-24-33(29(49)30(50)35(53)59-24)62-37-31(51)28(48)23(45)12-56-37/h1-6,9-10,18,23-25,27-38,40-45,47-54H,7-8,11-15H2. The predicted octanol–water partition coefficient (Wildman–Crippen LogP) is -4.49. The minimum atomic E-state index is -2.10. The number of phenols is 4. The van der Waals surface area contributed by atoms with Crippen molar-refractivity contribution in [3.8, 4) is 23.0 Å². The van der Waals surface area contributed by atoms with E-state index in [0.717, 1.165) is 12.1 Å². The molecule has 4 fully saturated rings. The number of carbonyl (C=O) groups excluding carboxylic acids is 1. The number of aliphatic hydroxyl groups is 10. The van der Waals surface area contributed by atoms with Crippen molar-refractivity contribution >= 4 is 12.0 Å². The van der Waals surface area contributed by atoms with Crippen LogP contribution in [0, 0.1) is 5.92 Å². The first kappa shape index (κ1) is 47.6. The number of phenolic OH excluding ortho intramolecular Hbond substituents is 4. The third-order valence-corrected chi connectivity index (χ3v) is 11.1. The fraction of sp³-hybridized carbons (Fsp3) is 0.615. The Morgan fingerprint density at radius 3 is 2.13 bits per heavy atom. The number of esters is 1. The second-order valence-corrected chi connectivity index (χ2v) is 15.5. The van der Waals surface area contributed by atoms with Gasteiger partial charge in [0.25, 0.3) is 0 Å². The molecule has 17 atom stereocenters. The fourth-order valence-corrected chi connectivity index (χ4v) is 7.43. The molecule has 346 valence electrons. The van der Waals surface area contributed by atoms with Crippen molar-refractivity contribution in [1.82, 2.24) is 0 Å². The van der Waals surface area contributed by atoms with Gasteiger partial charge in [0.15, 0.2) is 48.2 Å². The maximum atomic E-state index is 13.5. The SMILES string of the molecule is O=C(C=Cc1ccc(O)c(O)c1)OC1C(COC2OCC(O)(CO)C2O)OC(OCCc2ccc(O)c(O)c2)C(O)C1CC1OC(O)C(O)C(O)C1OC1OCC(O)C(O)C1O. The van der Waals surface area contributed by atoms with E-state index in [1.165, 1.54) is 36.4 Å². The van der Waals surface area contributed by atoms with Crippen LogP contribution in [0.3, 0.4) is 0 Å². The van der Waals surface area contributed by atoms with Crippen LogP contribution < -0.4 is 0 Å². The van der Waals surface area contributed by atoms with Crippen LogP contribution in [-0.4, -0.2) is 208 Å². The number of benzene rings is 2. The molecule has 2 aromatic rings. The maximum absolute atomic E-state index is 13.5. The lowest BCUT2D eigenvalue weighted by atomic mass is 9.81. The smallest absolute Gasteiger partial charge is 0.331 e. The molecule has 0 saturated carbocycles. The van der Waals surface area contributed by atoms with Crippen molar-refractivity contribution in [3.05, 3.63) is 53.6 Å². The van der Waals surface area contributed by atoms with Gasteiger partial charge in [-0.25, -0.2) is 4.79 Å². The van der Waals surface area contributed by atoms with E-state index in [9.17, 15) is 76.3 Å². The first-order chi connectivity index (χ1) is 29.4. The zero-order valence-corrected chi connectivity index (χ0v) is 32.7. The van der Waals surface area contributed by atoms with Crippen molar-refractivity contribution in [1.29, 1.82) is 0 Å². The largest absolute Gasteiger partial charge is 0.504 e. The molecule has 0 radical (unpaired) electrons. The van der Waals surface area contributed by atoms with Gasteiger partial charge < -0.3 is 109 Å². The lowest BCUT2D eigenvalue weighted by molar-refractivity contribution is -0.347. The third kappa shape index (κ3) is 10.7. The van der Waals surface area contributed by atoms with Gasteiger partial charge in [-0.2, -0.15) is 0 Å². The molecule has 0 aromatic heterocycles. The highest BCUT2D eigenvalue weighted by atomic mass is 16.7. The first-order valence-electron chi connectivity index (χ1n) is 19.5. The number of hydrogen-bond donors (Lipinski definition) is 14. The molecule has 4 aliphatic rings. The average molecular weight is 889 g/mol. The van der Waals surface area contributed by atoms with E-state index in [2.05, 4.69) is 0 Å². The van der Waals surface area contributed by atoms with Gasteiger partial charge in [0, 0.05) is 12.0 Å². The molecule has 0 spiro atoms. The van der Waals surface area contributed by atoms with E-state index in [1.54, 1.807) is 0 Å². The Morgan fingerprint density at radius 2 is 1.45 bits per heavy atom. The highest BCUT2D eigenvalue weighted by molar-refractivity contribution is 5.87. The molecule has 14 N–H and O–H groups in total. The molecule has 4 aliphatic heterocycles. The van der Waals surface area contributed by atoms with Gasteiger partial charge in [0.1, 0.15) is 66.6 Å². The molecule has 4 saturated heterocycles. The van der Waals surface area contributed by atoms with E-state index in [4.69, 9.17) is 37.9 Å². The number of carbonyl (C=O) groups is 1. The Labute approximate surface area is 352 Å². The summed E-state index contributed by atoms with van der Waals surface area (Å²) in [6.45, 7) is -2.79. The van der Waals surface area contributed by atoms with Crippen molar-refractivity contribution in [3.63, 3.8) is 0 Å². The van der Waals surface area contributed by atoms with Gasteiger partial charge in [-0.3, -0.25) is 0 Å². The first-order valence-corrected chi connectivity index (χ1v) is 19.5. The van der Waals surface area contributed by atoms with Crippen LogP contribution in [0.1, 0.15) is 17.5 Å². The molecule has 6 rings (SSSR count). The minimum absolute atomic E-state index is 0.0896. The van der Waals surface area contributed by atoms with Gasteiger partial charge in [-0.05, 0) is 54.3 Å². The van der Waals surface area contributed by atoms with Crippen molar-refractivity contribution < 1.29 is 114 Å². The molecule has 17 unspecified atom stereocenters. The van der Waals surface area contributed by atoms with Gasteiger partial charge in [0.2, 0.25) is 0 Å². The van der Waals surface area contributed by atoms with Gasteiger partial charge in [0.05, 0.1) is 39.1 Å². The van der Waals surface area contributed by atoms with Crippen LogP contribution in [0.5, 0.6) is 23.0 Å². The van der Waals surface area contributed by atoms with E-state index in [0.29, 0.717) is 5.56 Å². The molecule has 23 nitrogen and oxygen atoms in total. The second-order valence-electron chi connectivity index (χ2n) is 15.5. The quantitative estimate of drug-likeness (QED) is 0.0455. The average Bonchev–Trinajstić information content (AvgIpc) is 3.53. The molecule has 23 heteroatoms. The minimum Gasteiger partial charge on any atom is -0.504 e. The normalized spacial score (nSPS) is 38.9. The zero-order chi connectivity index (χ0) is 45.0. The van der Waals surface area contributed by atoms with Crippen molar-refractivity contribution in [2.24, 2.45) is 5.92 Å². The van der Waals surface area contributed by atoms with E-state index >= 15 is 0 Å². The molecule has 4 heterocycles. The van der Waals surface area contributed by atoms with Gasteiger partial charge >= 0.3 is 5.97 Å². The number of aromatic hydroxyl groups is 4. The summed E-state index contributed by atoms with van der Waals surface area (Å²) >= 11 is 0. The fourth-order valence-electron chi connectivity index (χ4n) is 7.43. The number of rotatable bonds is 15. The Kier molecular flexibility index (Phi) is 15.6. The Balaban J connectivity index is 1.32. The summed E-state index contributed by atoms with van der Waals surface area (Å²) in [5.41, 5.74) is -1.36. The summed E-state index contributed by atoms with van der Waals surface area (Å²) in [6, 6.07) is 7.70. The summed E-state index contributed by atoms with van der Waals surface area (Å²) < 4.78 is 45.8. The Bertz CT molecular complexity index is 1830. The second kappa shape index (κ2) is 20.3. The van der Waals surface area contributed by atoms with E-state index in [-0.39, 0.29) is 24.3 Å². The van der Waals surface area contributed by atoms with Crippen LogP contribution in [0.2, 0.25) is 0 Å². The summed E-state index contributed by atoms with van der Waals surface area (Å²) in [5.74, 6) is -4.20.